The van der Waals surface area contributed by atoms with E-state index in [-0.39, 0.29) is 6.61 Å². The highest BCUT2D eigenvalue weighted by Crippen LogP contribution is 2.28. The lowest BCUT2D eigenvalue weighted by Crippen LogP contribution is -2.04. The Kier molecular flexibility index (Phi) is 4.49. The summed E-state index contributed by atoms with van der Waals surface area (Å²) in [5, 5.41) is 9.13. The van der Waals surface area contributed by atoms with Crippen molar-refractivity contribution in [2.24, 2.45) is 0 Å². The first-order valence-corrected chi connectivity index (χ1v) is 6.06. The highest BCUT2D eigenvalue weighted by Gasteiger charge is 2.11. The van der Waals surface area contributed by atoms with Crippen molar-refractivity contribution in [1.82, 2.24) is 0 Å². The molecule has 0 aromatic heterocycles. The van der Waals surface area contributed by atoms with Crippen molar-refractivity contribution in [2.45, 2.75) is 25.2 Å². The molecule has 0 bridgehead atoms. The van der Waals surface area contributed by atoms with E-state index in [1.807, 2.05) is 6.92 Å². The maximum atomic E-state index is 9.13. The number of hydrogen-bond acceptors (Lipinski definition) is 2. The molecule has 1 N–H and O–H groups in total. The van der Waals surface area contributed by atoms with Crippen molar-refractivity contribution < 1.29 is 5.11 Å². The second-order valence-electron chi connectivity index (χ2n) is 3.28. The topological polar surface area (TPSA) is 20.2 Å². The van der Waals surface area contributed by atoms with Gasteiger partial charge < -0.3 is 5.11 Å². The lowest BCUT2D eigenvalue weighted by atomic mass is 9.95. The Morgan fingerprint density at radius 2 is 2.14 bits per heavy atom. The molecule has 0 aliphatic carbocycles. The lowest BCUT2D eigenvalue weighted by Gasteiger charge is -2.15. The summed E-state index contributed by atoms with van der Waals surface area (Å²) in [4.78, 5) is 1.32. The van der Waals surface area contributed by atoms with Crippen molar-refractivity contribution >= 4 is 11.8 Å². The number of aliphatic hydroxyl groups excluding tert-OH is 1. The van der Waals surface area contributed by atoms with E-state index in [4.69, 9.17) is 5.11 Å². The number of rotatable bonds is 4. The van der Waals surface area contributed by atoms with Gasteiger partial charge in [0.05, 0.1) is 6.61 Å². The molecule has 1 radical (unpaired) electrons. The van der Waals surface area contributed by atoms with Crippen molar-refractivity contribution in [3.8, 4) is 0 Å². The Balaban J connectivity index is 3.14. The molecule has 0 heterocycles. The average Bonchev–Trinajstić information content (AvgIpc) is 2.26. The first-order chi connectivity index (χ1) is 6.74. The molecule has 0 aliphatic heterocycles. The fraction of sp³-hybridized carbons (Fsp3) is 0.417. The number of thioether (sulfide) groups is 1. The van der Waals surface area contributed by atoms with Crippen LogP contribution in [0.2, 0.25) is 0 Å². The smallest absolute Gasteiger partial charge is 0.0534 e. The molecule has 14 heavy (non-hydrogen) atoms. The van der Waals surface area contributed by atoms with Gasteiger partial charge in [-0.3, -0.25) is 0 Å². The third-order valence-electron chi connectivity index (χ3n) is 2.40. The maximum absolute atomic E-state index is 9.13. The molecule has 0 amide bonds. The Labute approximate surface area is 90.5 Å². The zero-order chi connectivity index (χ0) is 10.6. The monoisotopic (exact) mass is 209 g/mol. The number of hydrogen-bond donors (Lipinski definition) is 1. The quantitative estimate of drug-likeness (QED) is 0.769. The molecule has 0 fully saturated rings. The van der Waals surface area contributed by atoms with Crippen molar-refractivity contribution in [1.29, 1.82) is 0 Å². The van der Waals surface area contributed by atoms with Crippen LogP contribution in [0.5, 0.6) is 0 Å². The summed E-state index contributed by atoms with van der Waals surface area (Å²) in [6, 6.07) is 6.28. The number of benzene rings is 1. The zero-order valence-corrected chi connectivity index (χ0v) is 9.82. The molecule has 1 rings (SSSR count). The summed E-state index contributed by atoms with van der Waals surface area (Å²) < 4.78 is 0. The van der Waals surface area contributed by atoms with E-state index in [9.17, 15) is 0 Å². The summed E-state index contributed by atoms with van der Waals surface area (Å²) in [6.07, 6.45) is 3.11. The van der Waals surface area contributed by atoms with Crippen LogP contribution in [-0.2, 0) is 6.42 Å². The molecular weight excluding hydrogens is 192 g/mol. The summed E-state index contributed by atoms with van der Waals surface area (Å²) in [5.74, 6) is 1.05. The van der Waals surface area contributed by atoms with E-state index in [2.05, 4.69) is 31.4 Å². The third-order valence-corrected chi connectivity index (χ3v) is 3.23. The molecule has 0 unspecified atom stereocenters. The zero-order valence-electron chi connectivity index (χ0n) is 9.00. The second kappa shape index (κ2) is 5.42. The van der Waals surface area contributed by atoms with Gasteiger partial charge in [0.2, 0.25) is 0 Å². The van der Waals surface area contributed by atoms with Crippen LogP contribution in [0.1, 0.15) is 25.0 Å². The molecule has 0 atom stereocenters. The van der Waals surface area contributed by atoms with Gasteiger partial charge in [0.15, 0.2) is 0 Å². The van der Waals surface area contributed by atoms with Crippen molar-refractivity contribution in [2.75, 3.05) is 12.9 Å². The minimum atomic E-state index is 0.144. The van der Waals surface area contributed by atoms with Gasteiger partial charge in [-0.15, -0.1) is 11.8 Å². The second-order valence-corrected chi connectivity index (χ2v) is 4.13. The highest BCUT2D eigenvalue weighted by molar-refractivity contribution is 7.98. The van der Waals surface area contributed by atoms with E-state index >= 15 is 0 Å². The van der Waals surface area contributed by atoms with Crippen LogP contribution < -0.4 is 0 Å². The largest absolute Gasteiger partial charge is 0.395 e. The fourth-order valence-corrected chi connectivity index (χ4v) is 2.32. The van der Waals surface area contributed by atoms with E-state index in [1.54, 1.807) is 11.8 Å². The van der Waals surface area contributed by atoms with Gasteiger partial charge in [-0.25, -0.2) is 0 Å². The number of aliphatic hydroxyl groups is 1. The maximum Gasteiger partial charge on any atom is 0.0534 e. The van der Waals surface area contributed by atoms with Crippen LogP contribution in [-0.4, -0.2) is 18.0 Å². The van der Waals surface area contributed by atoms with Gasteiger partial charge in [0.1, 0.15) is 0 Å². The molecule has 1 aromatic rings. The SMILES string of the molecule is CCc1c(SC)cccc1[C](C)CO. The summed E-state index contributed by atoms with van der Waals surface area (Å²) in [7, 11) is 0. The molecule has 0 aliphatic rings. The van der Waals surface area contributed by atoms with Gasteiger partial charge in [-0.1, -0.05) is 26.0 Å². The molecule has 0 spiro atoms. The van der Waals surface area contributed by atoms with Crippen LogP contribution in [0.15, 0.2) is 23.1 Å². The Morgan fingerprint density at radius 1 is 1.43 bits per heavy atom. The van der Waals surface area contributed by atoms with Crippen molar-refractivity contribution in [3.63, 3.8) is 0 Å². The predicted octanol–water partition coefficient (Wildman–Crippen LogP) is 2.91. The van der Waals surface area contributed by atoms with Crippen LogP contribution in [0, 0.1) is 5.92 Å². The minimum Gasteiger partial charge on any atom is -0.395 e. The predicted molar refractivity (Wildman–Crippen MR) is 62.7 cm³/mol. The van der Waals surface area contributed by atoms with Crippen LogP contribution >= 0.6 is 11.8 Å². The van der Waals surface area contributed by atoms with E-state index < -0.39 is 0 Å². The third kappa shape index (κ3) is 2.31. The van der Waals surface area contributed by atoms with Crippen molar-refractivity contribution in [3.05, 3.63) is 35.2 Å². The van der Waals surface area contributed by atoms with Crippen LogP contribution in [0.3, 0.4) is 0 Å². The highest BCUT2D eigenvalue weighted by atomic mass is 32.2. The van der Waals surface area contributed by atoms with E-state index in [0.717, 1.165) is 12.3 Å². The fourth-order valence-electron chi connectivity index (χ4n) is 1.61. The molecule has 2 heteroatoms. The van der Waals surface area contributed by atoms with E-state index in [1.165, 1.54) is 16.0 Å². The summed E-state index contributed by atoms with van der Waals surface area (Å²) in [5.41, 5.74) is 2.56. The van der Waals surface area contributed by atoms with Crippen LogP contribution in [0.25, 0.3) is 0 Å². The standard InChI is InChI=1S/C12H17OS/c1-4-10-11(9(2)8-13)6-5-7-12(10)14-3/h5-7,13H,4,8H2,1-3H3. The first kappa shape index (κ1) is 11.6. The van der Waals surface area contributed by atoms with Crippen LogP contribution in [0.4, 0.5) is 0 Å². The first-order valence-electron chi connectivity index (χ1n) is 4.84. The van der Waals surface area contributed by atoms with E-state index in [0.29, 0.717) is 0 Å². The van der Waals surface area contributed by atoms with Gasteiger partial charge in [0.25, 0.3) is 0 Å². The van der Waals surface area contributed by atoms with Gasteiger partial charge in [-0.05, 0) is 29.9 Å². The molecule has 77 valence electrons. The lowest BCUT2D eigenvalue weighted by molar-refractivity contribution is 0.314. The van der Waals surface area contributed by atoms with Gasteiger partial charge >= 0.3 is 0 Å². The molecule has 0 saturated heterocycles. The molecule has 0 saturated carbocycles. The Hall–Kier alpha value is -0.470. The molecular formula is C12H17OS. The summed E-state index contributed by atoms with van der Waals surface area (Å²) >= 11 is 1.77. The molecule has 1 nitrogen and oxygen atoms in total. The minimum absolute atomic E-state index is 0.144. The Morgan fingerprint density at radius 3 is 2.64 bits per heavy atom. The Bertz CT molecular complexity index is 296. The average molecular weight is 209 g/mol. The van der Waals surface area contributed by atoms with Gasteiger partial charge in [-0.2, -0.15) is 0 Å². The molecule has 1 aromatic carbocycles. The summed E-state index contributed by atoms with van der Waals surface area (Å²) in [6.45, 7) is 4.28. The normalized spacial score (nSPS) is 10.9. The van der Waals surface area contributed by atoms with Gasteiger partial charge in [0, 0.05) is 10.8 Å².